The Morgan fingerprint density at radius 1 is 0.956 bits per heavy atom. The molecule has 2 fully saturated rings. The Kier molecular flexibility index (Phi) is 6.81. The van der Waals surface area contributed by atoms with E-state index in [-0.39, 0.29) is 5.57 Å². The molecule has 2 aliphatic heterocycles. The zero-order valence-corrected chi connectivity index (χ0v) is 27.2. The third-order valence-corrected chi connectivity index (χ3v) is 11.8. The fourth-order valence-corrected chi connectivity index (χ4v) is 10.0. The molecule has 0 amide bonds. The monoisotopic (exact) mass is 634 g/mol. The molecule has 0 radical (unpaired) electrons. The molecular formula is C37H34N2O4S2. The second kappa shape index (κ2) is 10.8. The molecule has 8 heteroatoms. The number of anilines is 2. The summed E-state index contributed by atoms with van der Waals surface area (Å²) >= 11 is 3.16. The van der Waals surface area contributed by atoms with E-state index in [4.69, 9.17) is 14.2 Å². The quantitative estimate of drug-likeness (QED) is 0.124. The minimum Gasteiger partial charge on any atom is -0.485 e. The van der Waals surface area contributed by atoms with Crippen molar-refractivity contribution in [3.63, 3.8) is 0 Å². The van der Waals surface area contributed by atoms with Gasteiger partial charge < -0.3 is 19.1 Å². The topological polar surface area (TPSA) is 71.8 Å². The molecule has 45 heavy (non-hydrogen) atoms. The molecule has 2 aliphatic carbocycles. The minimum atomic E-state index is -0.673. The molecule has 8 rings (SSSR count). The first kappa shape index (κ1) is 28.4. The van der Waals surface area contributed by atoms with Gasteiger partial charge in [0.2, 0.25) is 0 Å². The number of ether oxygens (including phenoxy) is 3. The van der Waals surface area contributed by atoms with Gasteiger partial charge in [-0.15, -0.1) is 22.7 Å². The van der Waals surface area contributed by atoms with Crippen LogP contribution < -0.4 is 14.4 Å². The summed E-state index contributed by atoms with van der Waals surface area (Å²) in [5.41, 5.74) is 4.55. The van der Waals surface area contributed by atoms with Crippen LogP contribution >= 0.6 is 22.7 Å². The van der Waals surface area contributed by atoms with E-state index < -0.39 is 11.6 Å². The number of para-hydroxylation sites is 1. The highest BCUT2D eigenvalue weighted by Crippen LogP contribution is 2.62. The molecule has 4 aliphatic rings. The number of thiophene rings is 2. The van der Waals surface area contributed by atoms with Crippen LogP contribution in [0.25, 0.3) is 26.3 Å². The zero-order chi connectivity index (χ0) is 30.9. The molecular weight excluding hydrogens is 601 g/mol. The van der Waals surface area contributed by atoms with Crippen LogP contribution in [0.4, 0.5) is 11.4 Å². The molecule has 2 aromatic heterocycles. The van der Waals surface area contributed by atoms with Crippen LogP contribution in [0.2, 0.25) is 0 Å². The van der Waals surface area contributed by atoms with Gasteiger partial charge >= 0.3 is 5.97 Å². The van der Waals surface area contributed by atoms with Crippen LogP contribution in [0, 0.1) is 23.2 Å². The highest BCUT2D eigenvalue weighted by atomic mass is 32.1. The normalized spacial score (nSPS) is 23.1. The van der Waals surface area contributed by atoms with E-state index in [9.17, 15) is 10.1 Å². The van der Waals surface area contributed by atoms with Gasteiger partial charge in [0.05, 0.1) is 9.75 Å². The lowest BCUT2D eigenvalue weighted by atomic mass is 9.82. The summed E-state index contributed by atoms with van der Waals surface area (Å²) in [7, 11) is 0. The minimum absolute atomic E-state index is 0.0238. The molecule has 4 atom stereocenters. The second-order valence-corrected chi connectivity index (χ2v) is 15.5. The lowest BCUT2D eigenvalue weighted by molar-refractivity contribution is -0.149. The maximum absolute atomic E-state index is 12.5. The average molecular weight is 635 g/mol. The van der Waals surface area contributed by atoms with E-state index in [0.717, 1.165) is 48.4 Å². The summed E-state index contributed by atoms with van der Waals surface area (Å²) in [6.07, 6.45) is 5.66. The number of rotatable bonds is 5. The van der Waals surface area contributed by atoms with Gasteiger partial charge in [-0.25, -0.2) is 4.79 Å². The lowest BCUT2D eigenvalue weighted by Gasteiger charge is -2.33. The number of nitrogens with zero attached hydrogens (tertiary/aromatic N) is 2. The zero-order valence-electron chi connectivity index (χ0n) is 25.5. The van der Waals surface area contributed by atoms with Crippen molar-refractivity contribution < 1.29 is 19.0 Å². The SMILES string of the molecule is CC(C)(C)OC(=O)/C(C#N)=C/c1ccc(-c2sc(-c3ccc(N4c5ccccc5C5C6CCC(C6)C54)cc3)c3c2OCCO3)s1. The van der Waals surface area contributed by atoms with Crippen LogP contribution in [0.3, 0.4) is 0 Å². The third kappa shape index (κ3) is 4.84. The third-order valence-electron chi connectivity index (χ3n) is 9.41. The van der Waals surface area contributed by atoms with E-state index in [1.165, 1.54) is 47.5 Å². The molecule has 0 N–H and O–H groups in total. The summed E-state index contributed by atoms with van der Waals surface area (Å²) in [5.74, 6) is 3.15. The Morgan fingerprint density at radius 3 is 2.44 bits per heavy atom. The Balaban J connectivity index is 1.11. The molecule has 4 aromatic rings. The highest BCUT2D eigenvalue weighted by Gasteiger charge is 2.55. The fourth-order valence-electron chi connectivity index (χ4n) is 7.77. The van der Waals surface area contributed by atoms with Crippen molar-refractivity contribution in [3.05, 3.63) is 76.7 Å². The number of esters is 1. The maximum Gasteiger partial charge on any atom is 0.349 e. The molecule has 4 unspecified atom stereocenters. The molecule has 0 saturated heterocycles. The Morgan fingerprint density at radius 2 is 1.69 bits per heavy atom. The molecule has 4 heterocycles. The summed E-state index contributed by atoms with van der Waals surface area (Å²) in [5, 5.41) is 9.62. The first-order chi connectivity index (χ1) is 21.8. The Bertz CT molecular complexity index is 1870. The van der Waals surface area contributed by atoms with Gasteiger partial charge in [-0.05, 0) is 99.4 Å². The van der Waals surface area contributed by atoms with Crippen molar-refractivity contribution in [2.24, 2.45) is 11.8 Å². The molecule has 2 bridgehead atoms. The van der Waals surface area contributed by atoms with Gasteiger partial charge in [-0.1, -0.05) is 30.3 Å². The van der Waals surface area contributed by atoms with Gasteiger partial charge in [0.15, 0.2) is 11.5 Å². The van der Waals surface area contributed by atoms with E-state index in [1.807, 2.05) is 18.2 Å². The van der Waals surface area contributed by atoms with Crippen LogP contribution in [0.15, 0.2) is 66.2 Å². The first-order valence-electron chi connectivity index (χ1n) is 15.7. The summed E-state index contributed by atoms with van der Waals surface area (Å²) < 4.78 is 17.8. The van der Waals surface area contributed by atoms with Crippen molar-refractivity contribution in [2.45, 2.75) is 57.6 Å². The Hall–Kier alpha value is -4.06. The predicted octanol–water partition coefficient (Wildman–Crippen LogP) is 9.20. The number of nitriles is 1. The summed E-state index contributed by atoms with van der Waals surface area (Å²) in [4.78, 5) is 19.0. The van der Waals surface area contributed by atoms with E-state index >= 15 is 0 Å². The van der Waals surface area contributed by atoms with Crippen molar-refractivity contribution in [1.29, 1.82) is 5.26 Å². The van der Waals surface area contributed by atoms with Crippen LogP contribution in [0.5, 0.6) is 11.5 Å². The van der Waals surface area contributed by atoms with Crippen molar-refractivity contribution in [1.82, 2.24) is 0 Å². The smallest absolute Gasteiger partial charge is 0.349 e. The maximum atomic E-state index is 12.5. The highest BCUT2D eigenvalue weighted by molar-refractivity contribution is 7.24. The molecule has 0 spiro atoms. The predicted molar refractivity (Wildman–Crippen MR) is 179 cm³/mol. The first-order valence-corrected chi connectivity index (χ1v) is 17.3. The standard InChI is InChI=1S/C37H34N2O4S2/c1-37(2,3)43-36(40)24(20-38)19-26-14-15-29(44-26)35-33-32(41-16-17-42-33)34(45-35)21-10-12-25(13-11-21)39-28-7-5-4-6-27(28)30-22-8-9-23(18-22)31(30)39/h4-7,10-15,19,22-23,30-31H,8-9,16-18H2,1-3H3/b24-19+. The molecule has 2 aromatic carbocycles. The van der Waals surface area contributed by atoms with Gasteiger partial charge in [0.25, 0.3) is 0 Å². The molecule has 6 nitrogen and oxygen atoms in total. The molecule has 228 valence electrons. The van der Waals surface area contributed by atoms with Crippen molar-refractivity contribution in [3.8, 4) is 37.8 Å². The number of carbonyl (C=O) groups excluding carboxylic acids is 1. The van der Waals surface area contributed by atoms with Crippen LogP contribution in [-0.2, 0) is 9.53 Å². The summed E-state index contributed by atoms with van der Waals surface area (Å²) in [6, 6.07) is 24.5. The fraction of sp³-hybridized carbons (Fsp3) is 0.351. The second-order valence-electron chi connectivity index (χ2n) is 13.3. The number of hydrogen-bond donors (Lipinski definition) is 0. The lowest BCUT2D eigenvalue weighted by Crippen LogP contribution is -2.35. The van der Waals surface area contributed by atoms with Gasteiger partial charge in [0, 0.05) is 33.1 Å². The largest absolute Gasteiger partial charge is 0.485 e. The van der Waals surface area contributed by atoms with Gasteiger partial charge in [-0.3, -0.25) is 0 Å². The van der Waals surface area contributed by atoms with E-state index in [2.05, 4.69) is 53.4 Å². The summed E-state index contributed by atoms with van der Waals surface area (Å²) in [6.45, 7) is 6.36. The van der Waals surface area contributed by atoms with Crippen molar-refractivity contribution >= 4 is 46.1 Å². The number of benzene rings is 2. The Labute approximate surface area is 271 Å². The molecule has 2 saturated carbocycles. The van der Waals surface area contributed by atoms with Gasteiger partial charge in [0.1, 0.15) is 30.5 Å². The van der Waals surface area contributed by atoms with E-state index in [0.29, 0.717) is 25.2 Å². The van der Waals surface area contributed by atoms with Crippen LogP contribution in [0.1, 0.15) is 56.4 Å². The number of fused-ring (bicyclic) bond motifs is 8. The van der Waals surface area contributed by atoms with Crippen LogP contribution in [-0.4, -0.2) is 30.8 Å². The van der Waals surface area contributed by atoms with Gasteiger partial charge in [-0.2, -0.15) is 5.26 Å². The number of carbonyl (C=O) groups is 1. The number of hydrogen-bond acceptors (Lipinski definition) is 8. The average Bonchev–Trinajstić information content (AvgIpc) is 3.86. The van der Waals surface area contributed by atoms with Crippen molar-refractivity contribution in [2.75, 3.05) is 18.1 Å². The van der Waals surface area contributed by atoms with E-state index in [1.54, 1.807) is 38.2 Å².